The number of halogens is 5. The number of imidazole rings is 1. The van der Waals surface area contributed by atoms with Crippen molar-refractivity contribution in [3.05, 3.63) is 149 Å². The topological polar surface area (TPSA) is 160 Å². The van der Waals surface area contributed by atoms with E-state index in [-0.39, 0.29) is 0 Å². The molecule has 0 bridgehead atoms. The van der Waals surface area contributed by atoms with Crippen LogP contribution in [0.25, 0.3) is 62.4 Å². The van der Waals surface area contributed by atoms with E-state index in [1.807, 2.05) is 50.2 Å². The number of aryl methyl sites for hydroxylation is 3. The highest BCUT2D eigenvalue weighted by atomic mass is 35.5. The maximum Gasteiger partial charge on any atom is 0.416 e. The van der Waals surface area contributed by atoms with Gasteiger partial charge in [-0.25, -0.2) is 34.9 Å². The predicted octanol–water partition coefficient (Wildman–Crippen LogP) is 10.1. The van der Waals surface area contributed by atoms with Gasteiger partial charge in [-0.2, -0.15) is 13.2 Å². The molecular weight excluding hydrogens is 786 g/mol. The highest BCUT2D eigenvalue weighted by molar-refractivity contribution is 6.42. The van der Waals surface area contributed by atoms with Crippen LogP contribution >= 0.6 is 23.2 Å². The van der Waals surface area contributed by atoms with Crippen molar-refractivity contribution in [1.29, 1.82) is 0 Å². The van der Waals surface area contributed by atoms with E-state index >= 15 is 0 Å². The zero-order chi connectivity index (χ0) is 41.1. The normalized spacial score (nSPS) is 11.2. The van der Waals surface area contributed by atoms with E-state index in [1.54, 1.807) is 66.6 Å². The van der Waals surface area contributed by atoms with Crippen LogP contribution in [0.5, 0.6) is 0 Å². The molecule has 11 nitrogen and oxygen atoms in total. The zero-order valence-electron chi connectivity index (χ0n) is 31.0. The van der Waals surface area contributed by atoms with Crippen molar-refractivity contribution in [3.63, 3.8) is 0 Å². The van der Waals surface area contributed by atoms with Crippen molar-refractivity contribution < 1.29 is 13.2 Å². The summed E-state index contributed by atoms with van der Waals surface area (Å²) in [6.07, 6.45) is 2.46. The fourth-order valence-corrected chi connectivity index (χ4v) is 6.09. The third kappa shape index (κ3) is 9.09. The van der Waals surface area contributed by atoms with Gasteiger partial charge in [0.15, 0.2) is 5.82 Å². The summed E-state index contributed by atoms with van der Waals surface area (Å²) in [4.78, 5) is 35.5. The van der Waals surface area contributed by atoms with Gasteiger partial charge in [0.25, 0.3) is 0 Å². The molecule has 0 aliphatic carbocycles. The number of hydrogen-bond donors (Lipinski definition) is 2. The quantitative estimate of drug-likeness (QED) is 0.165. The van der Waals surface area contributed by atoms with Gasteiger partial charge in [-0.3, -0.25) is 9.55 Å². The minimum Gasteiger partial charge on any atom is -0.384 e. The lowest BCUT2D eigenvalue weighted by Crippen LogP contribution is -2.05. The number of hydrogen-bond acceptors (Lipinski definition) is 10. The van der Waals surface area contributed by atoms with Crippen LogP contribution in [0.1, 0.15) is 22.8 Å². The Kier molecular flexibility index (Phi) is 11.1. The Balaban J connectivity index is 0.000000177. The highest BCUT2D eigenvalue weighted by Crippen LogP contribution is 2.32. The molecule has 6 aromatic heterocycles. The highest BCUT2D eigenvalue weighted by Gasteiger charge is 2.30. The molecule has 6 heterocycles. The van der Waals surface area contributed by atoms with Gasteiger partial charge in [-0.05, 0) is 93.6 Å². The first-order valence-corrected chi connectivity index (χ1v) is 18.3. The van der Waals surface area contributed by atoms with Gasteiger partial charge in [-0.1, -0.05) is 41.4 Å². The molecule has 0 unspecified atom stereocenters. The molecule has 0 fully saturated rings. The molecule has 4 N–H and O–H groups in total. The number of alkyl halides is 3. The lowest BCUT2D eigenvalue weighted by molar-refractivity contribution is -0.137. The number of benzene rings is 2. The van der Waals surface area contributed by atoms with E-state index in [0.29, 0.717) is 61.9 Å². The molecule has 0 aliphatic rings. The molecule has 0 spiro atoms. The standard InChI is InChI=1S/C21H15Cl2N5.C21H17F3N6/c1-12-8-19(13-2-4-16(22)17(23)9-13)28-21(27-12)14-6-7-25-18(10-14)15-3-5-20(24)26-11-15;1-12-9-17(14-3-6-16(7-4-14)21(22,23)24)29-20(27-12)30-11-18(28-13(30)2)15-5-8-19(25)26-10-15/h2-11H,1H3,(H2,24,26);3-11H,1-2H3,(H2,25,26). The van der Waals surface area contributed by atoms with Gasteiger partial charge in [0.05, 0.1) is 38.4 Å². The molecule has 58 heavy (non-hydrogen) atoms. The van der Waals surface area contributed by atoms with Crippen LogP contribution in [-0.4, -0.2) is 44.4 Å². The summed E-state index contributed by atoms with van der Waals surface area (Å²) in [5, 5.41) is 0.992. The van der Waals surface area contributed by atoms with Gasteiger partial charge < -0.3 is 11.5 Å². The van der Waals surface area contributed by atoms with Gasteiger partial charge >= 0.3 is 6.18 Å². The molecule has 2 aromatic carbocycles. The summed E-state index contributed by atoms with van der Waals surface area (Å²) in [5.41, 5.74) is 18.8. The van der Waals surface area contributed by atoms with E-state index in [0.717, 1.165) is 51.5 Å². The second kappa shape index (κ2) is 16.4. The monoisotopic (exact) mass is 817 g/mol. The Morgan fingerprint density at radius 2 is 1.14 bits per heavy atom. The van der Waals surface area contributed by atoms with Gasteiger partial charge in [-0.15, -0.1) is 0 Å². The molecule has 8 rings (SSSR count). The molecule has 0 radical (unpaired) electrons. The predicted molar refractivity (Wildman–Crippen MR) is 220 cm³/mol. The van der Waals surface area contributed by atoms with Crippen molar-refractivity contribution in [3.8, 4) is 62.4 Å². The van der Waals surface area contributed by atoms with E-state index in [2.05, 4.69) is 34.9 Å². The summed E-state index contributed by atoms with van der Waals surface area (Å²) < 4.78 is 40.2. The number of nitrogens with two attached hydrogens (primary N) is 2. The summed E-state index contributed by atoms with van der Waals surface area (Å²) in [5.74, 6) is 2.52. The molecule has 0 amide bonds. The van der Waals surface area contributed by atoms with E-state index in [4.69, 9.17) is 39.7 Å². The first-order valence-electron chi connectivity index (χ1n) is 17.5. The molecule has 16 heteroatoms. The first kappa shape index (κ1) is 39.5. The van der Waals surface area contributed by atoms with E-state index < -0.39 is 11.7 Å². The molecule has 0 saturated heterocycles. The fourth-order valence-electron chi connectivity index (χ4n) is 5.79. The second-order valence-electron chi connectivity index (χ2n) is 13.0. The van der Waals surface area contributed by atoms with Crippen LogP contribution in [0, 0.1) is 20.8 Å². The van der Waals surface area contributed by atoms with Gasteiger partial charge in [0.1, 0.15) is 17.5 Å². The average Bonchev–Trinajstić information content (AvgIpc) is 3.60. The van der Waals surface area contributed by atoms with Crippen LogP contribution in [0.2, 0.25) is 10.0 Å². The molecule has 8 aromatic rings. The van der Waals surface area contributed by atoms with Crippen LogP contribution in [0.3, 0.4) is 0 Å². The lowest BCUT2D eigenvalue weighted by Gasteiger charge is -2.10. The third-order valence-corrected chi connectivity index (χ3v) is 9.44. The smallest absolute Gasteiger partial charge is 0.384 e. The van der Waals surface area contributed by atoms with Crippen molar-refractivity contribution in [2.45, 2.75) is 26.9 Å². The maximum atomic E-state index is 12.8. The van der Waals surface area contributed by atoms with Crippen molar-refractivity contribution >= 4 is 34.8 Å². The van der Waals surface area contributed by atoms with Crippen molar-refractivity contribution in [2.24, 2.45) is 0 Å². The molecule has 290 valence electrons. The molecule has 0 aliphatic heterocycles. The van der Waals surface area contributed by atoms with Crippen LogP contribution < -0.4 is 11.5 Å². The second-order valence-corrected chi connectivity index (χ2v) is 13.8. The molecule has 0 atom stereocenters. The first-order chi connectivity index (χ1) is 27.7. The summed E-state index contributed by atoms with van der Waals surface area (Å²) in [7, 11) is 0. The van der Waals surface area contributed by atoms with Crippen molar-refractivity contribution in [1.82, 2.24) is 44.4 Å². The van der Waals surface area contributed by atoms with Crippen LogP contribution in [0.15, 0.2) is 116 Å². The van der Waals surface area contributed by atoms with Gasteiger partial charge in [0.2, 0.25) is 5.95 Å². The number of rotatable bonds is 6. The Morgan fingerprint density at radius 1 is 0.534 bits per heavy atom. The summed E-state index contributed by atoms with van der Waals surface area (Å²) in [6, 6.07) is 24.9. The number of nitrogens with zero attached hydrogens (tertiary/aromatic N) is 9. The number of pyridine rings is 3. The Hall–Kier alpha value is -6.77. The molecule has 0 saturated carbocycles. The maximum absolute atomic E-state index is 12.8. The van der Waals surface area contributed by atoms with Crippen LogP contribution in [0.4, 0.5) is 24.8 Å². The fraction of sp³-hybridized carbons (Fsp3) is 0.0952. The van der Waals surface area contributed by atoms with Crippen molar-refractivity contribution in [2.75, 3.05) is 11.5 Å². The summed E-state index contributed by atoms with van der Waals surface area (Å²) in [6.45, 7) is 5.55. The van der Waals surface area contributed by atoms with E-state index in [9.17, 15) is 13.2 Å². The number of nitrogen functional groups attached to an aromatic ring is 2. The van der Waals surface area contributed by atoms with E-state index in [1.165, 1.54) is 12.1 Å². The van der Waals surface area contributed by atoms with Gasteiger partial charge in [0, 0.05) is 64.0 Å². The zero-order valence-corrected chi connectivity index (χ0v) is 32.6. The lowest BCUT2D eigenvalue weighted by atomic mass is 10.1. The minimum atomic E-state index is -4.38. The van der Waals surface area contributed by atoms with Crippen LogP contribution in [-0.2, 0) is 6.18 Å². The Morgan fingerprint density at radius 3 is 1.76 bits per heavy atom. The minimum absolute atomic E-state index is 0.379. The Labute approximate surface area is 340 Å². The largest absolute Gasteiger partial charge is 0.416 e. The number of anilines is 2. The number of aromatic nitrogens is 9. The SMILES string of the molecule is Cc1cc(-c2ccc(C(F)(F)F)cc2)nc(-n2cc(-c3ccc(N)nc3)nc2C)n1.Cc1cc(-c2ccc(Cl)c(Cl)c2)nc(-c2ccnc(-c3ccc(N)nc3)c2)n1. The third-order valence-electron chi connectivity index (χ3n) is 8.70. The Bertz CT molecular complexity index is 2740. The molecular formula is C42H32Cl2F3N11. The summed E-state index contributed by atoms with van der Waals surface area (Å²) >= 11 is 12.2. The average molecular weight is 819 g/mol.